The van der Waals surface area contributed by atoms with Crippen molar-refractivity contribution < 1.29 is 14.3 Å². The number of ether oxygens (including phenoxy) is 1. The maximum Gasteiger partial charge on any atom is 0.410 e. The number of pyridine rings is 1. The lowest BCUT2D eigenvalue weighted by Crippen LogP contribution is -2.41. The second kappa shape index (κ2) is 7.71. The zero-order valence-electron chi connectivity index (χ0n) is 19.6. The summed E-state index contributed by atoms with van der Waals surface area (Å²) in [5.41, 5.74) is 3.83. The number of hydrogen-bond donors (Lipinski definition) is 0. The van der Waals surface area contributed by atoms with Gasteiger partial charge in [0.15, 0.2) is 0 Å². The fraction of sp³-hybridized carbons (Fsp3) is 0.625. The summed E-state index contributed by atoms with van der Waals surface area (Å²) in [5.74, 6) is 0.384. The third kappa shape index (κ3) is 4.09. The number of anilines is 1. The van der Waals surface area contributed by atoms with Gasteiger partial charge in [-0.3, -0.25) is 14.7 Å². The third-order valence-electron chi connectivity index (χ3n) is 6.14. The van der Waals surface area contributed by atoms with Crippen LogP contribution in [0.2, 0.25) is 0 Å². The summed E-state index contributed by atoms with van der Waals surface area (Å²) in [6.07, 6.45) is 3.39. The molecule has 164 valence electrons. The second-order valence-corrected chi connectivity index (χ2v) is 10.2. The largest absolute Gasteiger partial charge is 0.444 e. The van der Waals surface area contributed by atoms with Crippen molar-refractivity contribution in [3.05, 3.63) is 34.8 Å². The first-order valence-electron chi connectivity index (χ1n) is 10.8. The molecule has 0 bridgehead atoms. The molecule has 6 nitrogen and oxygen atoms in total. The van der Waals surface area contributed by atoms with Crippen molar-refractivity contribution in [3.63, 3.8) is 0 Å². The Labute approximate surface area is 180 Å². The summed E-state index contributed by atoms with van der Waals surface area (Å²) in [7, 11) is 0. The van der Waals surface area contributed by atoms with Gasteiger partial charge in [-0.1, -0.05) is 5.57 Å². The van der Waals surface area contributed by atoms with Crippen LogP contribution in [-0.2, 0) is 14.9 Å². The number of aromatic nitrogens is 1. The Hall–Kier alpha value is -2.37. The number of fused-ring (bicyclic) bond motifs is 1. The molecule has 0 saturated carbocycles. The molecule has 2 aliphatic rings. The maximum absolute atomic E-state index is 13.1. The average Bonchev–Trinajstić information content (AvgIpc) is 2.85. The molecule has 0 N–H and O–H groups in total. The topological polar surface area (TPSA) is 62.7 Å². The number of carbonyl (C=O) groups excluding carboxylic acids is 2. The zero-order chi connectivity index (χ0) is 22.4. The van der Waals surface area contributed by atoms with Crippen LogP contribution in [0.1, 0.15) is 85.4 Å². The lowest BCUT2D eigenvalue weighted by atomic mass is 9.87. The van der Waals surface area contributed by atoms with E-state index in [4.69, 9.17) is 9.72 Å². The van der Waals surface area contributed by atoms with Crippen molar-refractivity contribution in [3.8, 4) is 0 Å². The number of amides is 2. The molecular weight excluding hydrogens is 378 g/mol. The van der Waals surface area contributed by atoms with E-state index in [0.29, 0.717) is 19.0 Å². The van der Waals surface area contributed by atoms with E-state index < -0.39 is 11.0 Å². The zero-order valence-corrected chi connectivity index (χ0v) is 19.6. The molecule has 1 aromatic rings. The number of hydrogen-bond acceptors (Lipinski definition) is 4. The van der Waals surface area contributed by atoms with Gasteiger partial charge < -0.3 is 9.64 Å². The molecule has 1 saturated heterocycles. The standard InChI is InChI=1S/C24H35N3O3/c1-15(2)16(3)27-19-13-18(14-25-20(19)24(7,8)21(27)28)17-9-11-26(12-10-17)22(29)30-23(4,5)6/h13-14,17H,9-12H2,1-8H3. The van der Waals surface area contributed by atoms with E-state index in [-0.39, 0.29) is 12.0 Å². The van der Waals surface area contributed by atoms with Gasteiger partial charge >= 0.3 is 6.09 Å². The minimum absolute atomic E-state index is 0.0700. The molecule has 0 unspecified atom stereocenters. The highest BCUT2D eigenvalue weighted by Gasteiger charge is 2.46. The molecule has 2 amide bonds. The Balaban J connectivity index is 1.82. The minimum atomic E-state index is -0.634. The molecule has 0 aromatic carbocycles. The van der Waals surface area contributed by atoms with Gasteiger partial charge in [0, 0.05) is 25.0 Å². The van der Waals surface area contributed by atoms with E-state index >= 15 is 0 Å². The van der Waals surface area contributed by atoms with Gasteiger partial charge in [0.25, 0.3) is 0 Å². The Bertz CT molecular complexity index is 883. The van der Waals surface area contributed by atoms with Crippen LogP contribution in [0.3, 0.4) is 0 Å². The molecular formula is C24H35N3O3. The molecule has 6 heteroatoms. The lowest BCUT2D eigenvalue weighted by molar-refractivity contribution is -0.121. The summed E-state index contributed by atoms with van der Waals surface area (Å²) in [6, 6.07) is 2.13. The number of likely N-dealkylation sites (tertiary alicyclic amines) is 1. The van der Waals surface area contributed by atoms with Gasteiger partial charge in [0.1, 0.15) is 5.60 Å². The molecule has 1 fully saturated rings. The van der Waals surface area contributed by atoms with Crippen LogP contribution in [0.5, 0.6) is 0 Å². The van der Waals surface area contributed by atoms with Crippen LogP contribution in [0.25, 0.3) is 0 Å². The predicted octanol–water partition coefficient (Wildman–Crippen LogP) is 5.13. The number of allylic oxidation sites excluding steroid dienone is 2. The monoisotopic (exact) mass is 413 g/mol. The number of piperidine rings is 1. The Morgan fingerprint density at radius 1 is 1.17 bits per heavy atom. The van der Waals surface area contributed by atoms with Crippen molar-refractivity contribution in [2.75, 3.05) is 18.0 Å². The maximum atomic E-state index is 13.1. The quantitative estimate of drug-likeness (QED) is 0.674. The molecule has 3 rings (SSSR count). The van der Waals surface area contributed by atoms with Crippen LogP contribution in [-0.4, -0.2) is 40.6 Å². The molecule has 0 spiro atoms. The summed E-state index contributed by atoms with van der Waals surface area (Å²) in [6.45, 7) is 16.9. The lowest BCUT2D eigenvalue weighted by Gasteiger charge is -2.33. The van der Waals surface area contributed by atoms with Crippen LogP contribution in [0.15, 0.2) is 23.5 Å². The van der Waals surface area contributed by atoms with Crippen LogP contribution < -0.4 is 4.90 Å². The first-order chi connectivity index (χ1) is 13.8. The Morgan fingerprint density at radius 2 is 1.77 bits per heavy atom. The summed E-state index contributed by atoms with van der Waals surface area (Å²) in [4.78, 5) is 33.8. The van der Waals surface area contributed by atoms with Crippen molar-refractivity contribution in [2.45, 2.75) is 85.2 Å². The highest BCUT2D eigenvalue weighted by molar-refractivity contribution is 6.09. The van der Waals surface area contributed by atoms with Crippen LogP contribution in [0, 0.1) is 0 Å². The van der Waals surface area contributed by atoms with Gasteiger partial charge in [-0.05, 0) is 85.8 Å². The number of nitrogens with zero attached hydrogens (tertiary/aromatic N) is 3. The SMILES string of the molecule is CC(C)=C(C)N1C(=O)C(C)(C)c2ncc(C3CCN(C(=O)OC(C)(C)C)CC3)cc21. The molecule has 30 heavy (non-hydrogen) atoms. The average molecular weight is 414 g/mol. The molecule has 2 aliphatic heterocycles. The van der Waals surface area contributed by atoms with E-state index in [2.05, 4.69) is 6.07 Å². The minimum Gasteiger partial charge on any atom is -0.444 e. The highest BCUT2D eigenvalue weighted by Crippen LogP contribution is 2.44. The van der Waals surface area contributed by atoms with Crippen molar-refractivity contribution in [2.24, 2.45) is 0 Å². The first-order valence-corrected chi connectivity index (χ1v) is 10.8. The van der Waals surface area contributed by atoms with Gasteiger partial charge in [-0.25, -0.2) is 4.79 Å². The van der Waals surface area contributed by atoms with Crippen molar-refractivity contribution >= 4 is 17.7 Å². The molecule has 1 aromatic heterocycles. The van der Waals surface area contributed by atoms with E-state index in [1.54, 1.807) is 4.90 Å². The molecule has 0 radical (unpaired) electrons. The summed E-state index contributed by atoms with van der Waals surface area (Å²) >= 11 is 0. The van der Waals surface area contributed by atoms with Gasteiger partial charge in [0.2, 0.25) is 5.91 Å². The fourth-order valence-corrected chi connectivity index (χ4v) is 4.11. The van der Waals surface area contributed by atoms with E-state index in [9.17, 15) is 9.59 Å². The summed E-state index contributed by atoms with van der Waals surface area (Å²) in [5, 5.41) is 0. The van der Waals surface area contributed by atoms with E-state index in [0.717, 1.165) is 41.1 Å². The Kier molecular flexibility index (Phi) is 5.74. The highest BCUT2D eigenvalue weighted by atomic mass is 16.6. The van der Waals surface area contributed by atoms with Gasteiger partial charge in [0.05, 0.1) is 16.8 Å². The Morgan fingerprint density at radius 3 is 2.30 bits per heavy atom. The smallest absolute Gasteiger partial charge is 0.410 e. The van der Waals surface area contributed by atoms with Crippen molar-refractivity contribution in [1.29, 1.82) is 0 Å². The third-order valence-corrected chi connectivity index (χ3v) is 6.14. The van der Waals surface area contributed by atoms with Crippen LogP contribution in [0.4, 0.5) is 10.5 Å². The van der Waals surface area contributed by atoms with Gasteiger partial charge in [-0.15, -0.1) is 0 Å². The molecule has 3 heterocycles. The fourth-order valence-electron chi connectivity index (χ4n) is 4.11. The number of rotatable bonds is 2. The van der Waals surface area contributed by atoms with Gasteiger partial charge in [-0.2, -0.15) is 0 Å². The number of carbonyl (C=O) groups is 2. The van der Waals surface area contributed by atoms with Crippen molar-refractivity contribution in [1.82, 2.24) is 9.88 Å². The second-order valence-electron chi connectivity index (χ2n) is 10.2. The first kappa shape index (κ1) is 22.3. The predicted molar refractivity (Wildman–Crippen MR) is 119 cm³/mol. The summed E-state index contributed by atoms with van der Waals surface area (Å²) < 4.78 is 5.50. The van der Waals surface area contributed by atoms with Crippen LogP contribution >= 0.6 is 0 Å². The normalized spacial score (nSPS) is 19.0. The molecule has 0 atom stereocenters. The van der Waals surface area contributed by atoms with E-state index in [1.807, 2.05) is 66.5 Å². The molecule has 0 aliphatic carbocycles. The van der Waals surface area contributed by atoms with E-state index in [1.165, 1.54) is 0 Å².